The number of ether oxygens (including phenoxy) is 3. The van der Waals surface area contributed by atoms with E-state index in [9.17, 15) is 4.79 Å². The molecule has 0 unspecified atom stereocenters. The molecule has 1 aliphatic heterocycles. The van der Waals surface area contributed by atoms with E-state index in [1.165, 1.54) is 23.1 Å². The van der Waals surface area contributed by atoms with E-state index in [0.29, 0.717) is 18.0 Å². The number of thioether (sulfide) groups is 2. The number of carbonyl (C=O) groups excluding carboxylic acids is 1. The van der Waals surface area contributed by atoms with Gasteiger partial charge in [-0.1, -0.05) is 11.3 Å². The molecule has 1 aliphatic rings. The SMILES string of the molecule is COc1ccc(SCC(=O)N=c2sc3cc4c(cc3n2CCSC)OCCO4)cc1. The van der Waals surface area contributed by atoms with Gasteiger partial charge in [0.15, 0.2) is 16.3 Å². The number of methoxy groups -OCH3 is 1. The first-order chi connectivity index (χ1) is 14.7. The van der Waals surface area contributed by atoms with E-state index in [1.807, 2.05) is 36.4 Å². The molecule has 1 amide bonds. The van der Waals surface area contributed by atoms with Crippen molar-refractivity contribution in [2.24, 2.45) is 4.99 Å². The van der Waals surface area contributed by atoms with E-state index < -0.39 is 0 Å². The Labute approximate surface area is 187 Å². The maximum atomic E-state index is 12.6. The van der Waals surface area contributed by atoms with Gasteiger partial charge in [-0.05, 0) is 30.5 Å². The van der Waals surface area contributed by atoms with Crippen molar-refractivity contribution < 1.29 is 19.0 Å². The first kappa shape index (κ1) is 21.1. The van der Waals surface area contributed by atoms with E-state index >= 15 is 0 Å². The summed E-state index contributed by atoms with van der Waals surface area (Å²) >= 11 is 4.74. The van der Waals surface area contributed by atoms with Crippen LogP contribution in [-0.4, -0.2) is 48.6 Å². The molecular formula is C21H22N2O4S3. The van der Waals surface area contributed by atoms with E-state index in [-0.39, 0.29) is 11.7 Å². The molecule has 9 heteroatoms. The Morgan fingerprint density at radius 1 is 1.20 bits per heavy atom. The van der Waals surface area contributed by atoms with Gasteiger partial charge in [0.1, 0.15) is 19.0 Å². The van der Waals surface area contributed by atoms with E-state index in [2.05, 4.69) is 15.8 Å². The Balaban J connectivity index is 1.60. The molecule has 0 saturated heterocycles. The van der Waals surface area contributed by atoms with Crippen molar-refractivity contribution in [3.63, 3.8) is 0 Å². The second-order valence-electron chi connectivity index (χ2n) is 6.46. The molecule has 0 bridgehead atoms. The molecule has 0 saturated carbocycles. The van der Waals surface area contributed by atoms with Crippen LogP contribution in [0.15, 0.2) is 46.3 Å². The summed E-state index contributed by atoms with van der Waals surface area (Å²) in [6.07, 6.45) is 2.07. The Kier molecular flexibility index (Phi) is 6.91. The molecule has 158 valence electrons. The topological polar surface area (TPSA) is 62.0 Å². The zero-order chi connectivity index (χ0) is 20.9. The monoisotopic (exact) mass is 462 g/mol. The van der Waals surface area contributed by atoms with Crippen LogP contribution in [0.5, 0.6) is 17.2 Å². The van der Waals surface area contributed by atoms with Gasteiger partial charge in [0.25, 0.3) is 5.91 Å². The lowest BCUT2D eigenvalue weighted by atomic mass is 10.2. The highest BCUT2D eigenvalue weighted by atomic mass is 32.2. The summed E-state index contributed by atoms with van der Waals surface area (Å²) in [7, 11) is 1.64. The number of aromatic nitrogens is 1. The van der Waals surface area contributed by atoms with Crippen LogP contribution in [0, 0.1) is 0 Å². The van der Waals surface area contributed by atoms with Crippen LogP contribution < -0.4 is 19.0 Å². The summed E-state index contributed by atoms with van der Waals surface area (Å²) in [5.41, 5.74) is 1.02. The molecule has 3 aromatic rings. The first-order valence-corrected chi connectivity index (χ1v) is 12.6. The van der Waals surface area contributed by atoms with Gasteiger partial charge in [0, 0.05) is 29.3 Å². The molecule has 30 heavy (non-hydrogen) atoms. The first-order valence-electron chi connectivity index (χ1n) is 9.44. The van der Waals surface area contributed by atoms with Crippen LogP contribution in [-0.2, 0) is 11.3 Å². The summed E-state index contributed by atoms with van der Waals surface area (Å²) in [5, 5.41) is 0. The molecule has 0 radical (unpaired) electrons. The van der Waals surface area contributed by atoms with Gasteiger partial charge in [-0.15, -0.1) is 11.8 Å². The maximum absolute atomic E-state index is 12.6. The molecule has 0 aliphatic carbocycles. The van der Waals surface area contributed by atoms with Gasteiger partial charge in [-0.3, -0.25) is 4.79 Å². The van der Waals surface area contributed by atoms with Crippen molar-refractivity contribution in [2.45, 2.75) is 11.4 Å². The van der Waals surface area contributed by atoms with Crippen LogP contribution in [0.2, 0.25) is 0 Å². The van der Waals surface area contributed by atoms with Gasteiger partial charge < -0.3 is 18.8 Å². The van der Waals surface area contributed by atoms with Gasteiger partial charge >= 0.3 is 0 Å². The van der Waals surface area contributed by atoms with E-state index in [0.717, 1.165) is 44.7 Å². The third-order valence-electron chi connectivity index (χ3n) is 4.51. The van der Waals surface area contributed by atoms with Crippen LogP contribution in [0.3, 0.4) is 0 Å². The number of thiazole rings is 1. The molecule has 4 rings (SSSR count). The zero-order valence-corrected chi connectivity index (χ0v) is 19.2. The average molecular weight is 463 g/mol. The Morgan fingerprint density at radius 3 is 2.63 bits per heavy atom. The lowest BCUT2D eigenvalue weighted by Crippen LogP contribution is -2.19. The number of aryl methyl sites for hydroxylation is 1. The van der Waals surface area contributed by atoms with Crippen LogP contribution in [0.25, 0.3) is 10.2 Å². The van der Waals surface area contributed by atoms with E-state index in [4.69, 9.17) is 14.2 Å². The van der Waals surface area contributed by atoms with Gasteiger partial charge in [0.05, 0.1) is 23.1 Å². The highest BCUT2D eigenvalue weighted by Crippen LogP contribution is 2.35. The fourth-order valence-electron chi connectivity index (χ4n) is 3.05. The van der Waals surface area contributed by atoms with E-state index in [1.54, 1.807) is 18.9 Å². The minimum Gasteiger partial charge on any atom is -0.497 e. The normalized spacial score (nSPS) is 13.6. The second-order valence-corrected chi connectivity index (χ2v) is 9.51. The molecular weight excluding hydrogens is 440 g/mol. The summed E-state index contributed by atoms with van der Waals surface area (Å²) < 4.78 is 19.7. The summed E-state index contributed by atoms with van der Waals surface area (Å²) in [6, 6.07) is 11.6. The van der Waals surface area contributed by atoms with Gasteiger partial charge in [-0.25, -0.2) is 0 Å². The molecule has 6 nitrogen and oxygen atoms in total. The number of hydrogen-bond donors (Lipinski definition) is 0. The van der Waals surface area contributed by atoms with Crippen molar-refractivity contribution in [1.29, 1.82) is 0 Å². The molecule has 1 aromatic heterocycles. The van der Waals surface area contributed by atoms with Gasteiger partial charge in [-0.2, -0.15) is 16.8 Å². The standard InChI is InChI=1S/C21H22N2O4S3/c1-25-14-3-5-15(6-4-14)29-13-20(24)22-21-23(7-10-28-2)16-11-17-18(12-19(16)30-21)27-9-8-26-17/h3-6,11-12H,7-10,13H2,1-2H3. The number of rotatable bonds is 7. The van der Waals surface area contributed by atoms with Crippen LogP contribution in [0.1, 0.15) is 0 Å². The second kappa shape index (κ2) is 9.80. The third-order valence-corrected chi connectivity index (χ3v) is 7.14. The molecule has 0 atom stereocenters. The van der Waals surface area contributed by atoms with Crippen molar-refractivity contribution in [3.05, 3.63) is 41.2 Å². The highest BCUT2D eigenvalue weighted by Gasteiger charge is 2.16. The molecule has 0 spiro atoms. The zero-order valence-electron chi connectivity index (χ0n) is 16.8. The average Bonchev–Trinajstić information content (AvgIpc) is 3.10. The predicted octanol–water partition coefficient (Wildman–Crippen LogP) is 4.07. The molecule has 2 aromatic carbocycles. The van der Waals surface area contributed by atoms with Crippen LogP contribution in [0.4, 0.5) is 0 Å². The molecule has 0 fully saturated rings. The highest BCUT2D eigenvalue weighted by molar-refractivity contribution is 8.00. The third kappa shape index (κ3) is 4.79. The number of hydrogen-bond acceptors (Lipinski definition) is 7. The van der Waals surface area contributed by atoms with Crippen molar-refractivity contribution in [2.75, 3.05) is 38.1 Å². The summed E-state index contributed by atoms with van der Waals surface area (Å²) in [5.74, 6) is 3.36. The minimum absolute atomic E-state index is 0.155. The quantitative estimate of drug-likeness (QED) is 0.494. The smallest absolute Gasteiger partial charge is 0.258 e. The number of fused-ring (bicyclic) bond motifs is 2. The fourth-order valence-corrected chi connectivity index (χ4v) is 5.18. The number of amides is 1. The number of nitrogens with zero attached hydrogens (tertiary/aromatic N) is 2. The Hall–Kier alpha value is -2.10. The lowest BCUT2D eigenvalue weighted by Gasteiger charge is -2.18. The lowest BCUT2D eigenvalue weighted by molar-refractivity contribution is -0.115. The van der Waals surface area contributed by atoms with Crippen molar-refractivity contribution in [1.82, 2.24) is 4.57 Å². The Bertz CT molecular complexity index is 1110. The summed E-state index contributed by atoms with van der Waals surface area (Å²) in [6.45, 7) is 1.87. The summed E-state index contributed by atoms with van der Waals surface area (Å²) in [4.78, 5) is 18.7. The number of benzene rings is 2. The fraction of sp³-hybridized carbons (Fsp3) is 0.333. The van der Waals surface area contributed by atoms with Gasteiger partial charge in [0.2, 0.25) is 0 Å². The largest absolute Gasteiger partial charge is 0.497 e. The van der Waals surface area contributed by atoms with Crippen molar-refractivity contribution in [3.8, 4) is 17.2 Å². The van der Waals surface area contributed by atoms with Crippen molar-refractivity contribution >= 4 is 51.0 Å². The maximum Gasteiger partial charge on any atom is 0.258 e. The minimum atomic E-state index is -0.155. The predicted molar refractivity (Wildman–Crippen MR) is 123 cm³/mol. The molecule has 0 N–H and O–H groups in total. The Morgan fingerprint density at radius 2 is 1.93 bits per heavy atom. The molecule has 2 heterocycles. The van der Waals surface area contributed by atoms with Crippen LogP contribution >= 0.6 is 34.9 Å². The number of carbonyl (C=O) groups is 1.